The van der Waals surface area contributed by atoms with Crippen LogP contribution in [0.5, 0.6) is 0 Å². The van der Waals surface area contributed by atoms with Crippen LogP contribution in [-0.4, -0.2) is 43.9 Å². The minimum Gasteiger partial charge on any atom is -0.351 e. The molecule has 132 valence electrons. The molecule has 0 unspecified atom stereocenters. The maximum atomic E-state index is 12.5. The van der Waals surface area contributed by atoms with Crippen LogP contribution in [0.2, 0.25) is 0 Å². The topological polar surface area (TPSA) is 61.4 Å². The molecule has 0 aliphatic carbocycles. The number of rotatable bonds is 6. The van der Waals surface area contributed by atoms with Crippen LogP contribution in [0.4, 0.5) is 5.69 Å². The lowest BCUT2D eigenvalue weighted by atomic mass is 10.1. The van der Waals surface area contributed by atoms with Crippen molar-refractivity contribution < 1.29 is 9.59 Å². The Hall–Kier alpha value is -2.66. The fourth-order valence-electron chi connectivity index (χ4n) is 2.38. The highest BCUT2D eigenvalue weighted by atomic mass is 16.2. The average Bonchev–Trinajstić information content (AvgIpc) is 2.58. The highest BCUT2D eigenvalue weighted by Crippen LogP contribution is 2.19. The smallest absolute Gasteiger partial charge is 0.255 e. The summed E-state index contributed by atoms with van der Waals surface area (Å²) in [6, 6.07) is 12.5. The van der Waals surface area contributed by atoms with E-state index in [4.69, 9.17) is 0 Å². The number of nitrogens with zero attached hydrogens (tertiary/aromatic N) is 1. The van der Waals surface area contributed by atoms with Crippen molar-refractivity contribution in [3.05, 3.63) is 64.7 Å². The molecule has 0 bridgehead atoms. The first-order valence-corrected chi connectivity index (χ1v) is 8.29. The van der Waals surface area contributed by atoms with Crippen LogP contribution in [0.25, 0.3) is 0 Å². The van der Waals surface area contributed by atoms with Crippen molar-refractivity contribution in [1.82, 2.24) is 10.2 Å². The van der Waals surface area contributed by atoms with E-state index in [2.05, 4.69) is 10.6 Å². The molecule has 5 heteroatoms. The number of likely N-dealkylation sites (N-methyl/N-ethyl adjacent to an activating group) is 1. The summed E-state index contributed by atoms with van der Waals surface area (Å²) < 4.78 is 0. The van der Waals surface area contributed by atoms with E-state index in [-0.39, 0.29) is 11.8 Å². The molecule has 0 atom stereocenters. The van der Waals surface area contributed by atoms with E-state index in [0.717, 1.165) is 23.4 Å². The Morgan fingerprint density at radius 1 is 0.960 bits per heavy atom. The van der Waals surface area contributed by atoms with E-state index < -0.39 is 0 Å². The zero-order chi connectivity index (χ0) is 18.4. The average molecular weight is 339 g/mol. The number of benzene rings is 2. The van der Waals surface area contributed by atoms with Gasteiger partial charge in [0.1, 0.15) is 0 Å². The summed E-state index contributed by atoms with van der Waals surface area (Å²) in [5.41, 5.74) is 3.87. The molecule has 0 fully saturated rings. The summed E-state index contributed by atoms with van der Waals surface area (Å²) in [6.45, 7) is 5.30. The van der Waals surface area contributed by atoms with E-state index in [9.17, 15) is 9.59 Å². The van der Waals surface area contributed by atoms with Crippen LogP contribution in [0.3, 0.4) is 0 Å². The molecule has 0 aromatic heterocycles. The predicted octanol–water partition coefficient (Wildman–Crippen LogP) is 2.85. The van der Waals surface area contributed by atoms with Gasteiger partial charge in [-0.2, -0.15) is 0 Å². The van der Waals surface area contributed by atoms with Crippen molar-refractivity contribution in [3.8, 4) is 0 Å². The van der Waals surface area contributed by atoms with Gasteiger partial charge in [0.15, 0.2) is 0 Å². The van der Waals surface area contributed by atoms with Crippen molar-refractivity contribution >= 4 is 17.5 Å². The Balaban J connectivity index is 2.08. The van der Waals surface area contributed by atoms with Crippen molar-refractivity contribution in [3.63, 3.8) is 0 Å². The molecule has 0 radical (unpaired) electrons. The first-order valence-electron chi connectivity index (χ1n) is 8.29. The van der Waals surface area contributed by atoms with Crippen LogP contribution in [0, 0.1) is 13.8 Å². The number of carbonyl (C=O) groups excluding carboxylic acids is 2. The highest BCUT2D eigenvalue weighted by Gasteiger charge is 2.12. The maximum absolute atomic E-state index is 12.5. The monoisotopic (exact) mass is 339 g/mol. The van der Waals surface area contributed by atoms with Crippen molar-refractivity contribution in [2.24, 2.45) is 0 Å². The summed E-state index contributed by atoms with van der Waals surface area (Å²) in [5.74, 6) is -0.403. The van der Waals surface area contributed by atoms with Gasteiger partial charge in [0.2, 0.25) is 0 Å². The van der Waals surface area contributed by atoms with E-state index in [1.807, 2.05) is 51.0 Å². The molecule has 2 amide bonds. The minimum absolute atomic E-state index is 0.178. The largest absolute Gasteiger partial charge is 0.351 e. The Morgan fingerprint density at radius 3 is 2.28 bits per heavy atom. The second-order valence-corrected chi connectivity index (χ2v) is 6.34. The van der Waals surface area contributed by atoms with Crippen LogP contribution < -0.4 is 10.6 Å². The molecule has 0 aliphatic rings. The van der Waals surface area contributed by atoms with E-state index in [1.54, 1.807) is 24.3 Å². The standard InChI is InChI=1S/C20H25N3O2/c1-14-7-5-10-18(15(14)2)22-20(25)17-9-6-8-16(13-17)19(24)21-11-12-23(3)4/h5-10,13H,11-12H2,1-4H3,(H,21,24)(H,22,25). The number of hydrogen-bond donors (Lipinski definition) is 2. The lowest BCUT2D eigenvalue weighted by Gasteiger charge is -2.12. The molecule has 0 saturated carbocycles. The third-order valence-electron chi connectivity index (χ3n) is 4.08. The molecule has 2 aromatic carbocycles. The Morgan fingerprint density at radius 2 is 1.60 bits per heavy atom. The molecule has 2 N–H and O–H groups in total. The summed E-state index contributed by atoms with van der Waals surface area (Å²) in [6.07, 6.45) is 0. The first-order chi connectivity index (χ1) is 11.9. The number of hydrogen-bond acceptors (Lipinski definition) is 3. The van der Waals surface area contributed by atoms with E-state index in [1.165, 1.54) is 0 Å². The Bertz CT molecular complexity index is 769. The number of aryl methyl sites for hydroxylation is 1. The van der Waals surface area contributed by atoms with Gasteiger partial charge in [0.25, 0.3) is 11.8 Å². The fraction of sp³-hybridized carbons (Fsp3) is 0.300. The Kier molecular flexibility index (Phi) is 6.31. The van der Waals surface area contributed by atoms with Gasteiger partial charge in [-0.3, -0.25) is 9.59 Å². The van der Waals surface area contributed by atoms with Gasteiger partial charge in [-0.25, -0.2) is 0 Å². The molecule has 0 spiro atoms. The molecule has 2 aromatic rings. The summed E-state index contributed by atoms with van der Waals surface area (Å²) >= 11 is 0. The zero-order valence-electron chi connectivity index (χ0n) is 15.2. The number of carbonyl (C=O) groups is 2. The van der Waals surface area contributed by atoms with Gasteiger partial charge in [0, 0.05) is 29.9 Å². The lowest BCUT2D eigenvalue weighted by molar-refractivity contribution is 0.0951. The van der Waals surface area contributed by atoms with Gasteiger partial charge in [-0.15, -0.1) is 0 Å². The van der Waals surface area contributed by atoms with E-state index >= 15 is 0 Å². The van der Waals surface area contributed by atoms with Crippen LogP contribution in [0.15, 0.2) is 42.5 Å². The maximum Gasteiger partial charge on any atom is 0.255 e. The van der Waals surface area contributed by atoms with Crippen molar-refractivity contribution in [2.75, 3.05) is 32.5 Å². The minimum atomic E-state index is -0.225. The van der Waals surface area contributed by atoms with Gasteiger partial charge < -0.3 is 15.5 Å². The zero-order valence-corrected chi connectivity index (χ0v) is 15.2. The second kappa shape index (κ2) is 8.44. The molecule has 0 saturated heterocycles. The predicted molar refractivity (Wildman–Crippen MR) is 101 cm³/mol. The molecular weight excluding hydrogens is 314 g/mol. The van der Waals surface area contributed by atoms with Gasteiger partial charge in [0.05, 0.1) is 0 Å². The first kappa shape index (κ1) is 18.7. The number of nitrogens with one attached hydrogen (secondary N) is 2. The van der Waals surface area contributed by atoms with Gasteiger partial charge in [-0.05, 0) is 63.3 Å². The quantitative estimate of drug-likeness (QED) is 0.851. The van der Waals surface area contributed by atoms with Gasteiger partial charge >= 0.3 is 0 Å². The van der Waals surface area contributed by atoms with Gasteiger partial charge in [-0.1, -0.05) is 18.2 Å². The molecule has 0 aliphatic heterocycles. The van der Waals surface area contributed by atoms with E-state index in [0.29, 0.717) is 17.7 Å². The molecule has 5 nitrogen and oxygen atoms in total. The summed E-state index contributed by atoms with van der Waals surface area (Å²) in [5, 5.41) is 5.76. The van der Waals surface area contributed by atoms with Crippen molar-refractivity contribution in [2.45, 2.75) is 13.8 Å². The number of amides is 2. The molecule has 0 heterocycles. The SMILES string of the molecule is Cc1cccc(NC(=O)c2cccc(C(=O)NCCN(C)C)c2)c1C. The van der Waals surface area contributed by atoms with Crippen LogP contribution in [-0.2, 0) is 0 Å². The summed E-state index contributed by atoms with van der Waals surface area (Å²) in [7, 11) is 3.90. The third kappa shape index (κ3) is 5.16. The third-order valence-corrected chi connectivity index (χ3v) is 4.08. The fourth-order valence-corrected chi connectivity index (χ4v) is 2.38. The molecular formula is C20H25N3O2. The van der Waals surface area contributed by atoms with Crippen LogP contribution in [0.1, 0.15) is 31.8 Å². The Labute approximate surface area is 149 Å². The molecule has 25 heavy (non-hydrogen) atoms. The number of anilines is 1. The van der Waals surface area contributed by atoms with Crippen LogP contribution >= 0.6 is 0 Å². The summed E-state index contributed by atoms with van der Waals surface area (Å²) in [4.78, 5) is 26.7. The lowest BCUT2D eigenvalue weighted by Crippen LogP contribution is -2.31. The highest BCUT2D eigenvalue weighted by molar-refractivity contribution is 6.06. The molecule has 2 rings (SSSR count). The second-order valence-electron chi connectivity index (χ2n) is 6.34. The van der Waals surface area contributed by atoms with Crippen molar-refractivity contribution in [1.29, 1.82) is 0 Å². The normalized spacial score (nSPS) is 10.6.